The summed E-state index contributed by atoms with van der Waals surface area (Å²) in [6.07, 6.45) is 8.26. The minimum absolute atomic E-state index is 0.187. The summed E-state index contributed by atoms with van der Waals surface area (Å²) in [5.41, 5.74) is -1.19. The fraction of sp³-hybridized carbons (Fsp3) is 0.923. The van der Waals surface area contributed by atoms with E-state index in [4.69, 9.17) is 0 Å². The molecule has 1 aliphatic rings. The molecule has 0 bridgehead atoms. The molecule has 0 saturated heterocycles. The minimum atomic E-state index is -1.19. The second-order valence-corrected chi connectivity index (χ2v) is 5.19. The Labute approximate surface area is 98.6 Å². The second kappa shape index (κ2) is 6.24. The van der Waals surface area contributed by atoms with Gasteiger partial charge in [-0.2, -0.15) is 0 Å². The number of hydrogen-bond acceptors (Lipinski definition) is 2. The summed E-state index contributed by atoms with van der Waals surface area (Å²) in [5.74, 6) is -0.187. The summed E-state index contributed by atoms with van der Waals surface area (Å²) in [4.78, 5) is 11.9. The highest BCUT2D eigenvalue weighted by Gasteiger charge is 2.31. The molecular weight excluding hydrogens is 202 g/mol. The molecule has 1 aliphatic carbocycles. The molecule has 0 heterocycles. The molecule has 1 unspecified atom stereocenters. The molecule has 3 nitrogen and oxygen atoms in total. The van der Waals surface area contributed by atoms with Crippen molar-refractivity contribution in [3.05, 3.63) is 0 Å². The van der Waals surface area contributed by atoms with Gasteiger partial charge in [0, 0.05) is 6.04 Å². The SMILES string of the molecule is CCCCC(C)(O)C(=O)NC1CCCCC1. The topological polar surface area (TPSA) is 49.3 Å². The first-order valence-corrected chi connectivity index (χ1v) is 6.59. The first kappa shape index (κ1) is 13.5. The summed E-state index contributed by atoms with van der Waals surface area (Å²) in [7, 11) is 0. The molecule has 1 saturated carbocycles. The van der Waals surface area contributed by atoms with Crippen LogP contribution in [0.15, 0.2) is 0 Å². The first-order valence-electron chi connectivity index (χ1n) is 6.59. The van der Waals surface area contributed by atoms with Crippen LogP contribution in [0.25, 0.3) is 0 Å². The average molecular weight is 227 g/mol. The van der Waals surface area contributed by atoms with Gasteiger partial charge in [-0.15, -0.1) is 0 Å². The van der Waals surface area contributed by atoms with Gasteiger partial charge < -0.3 is 10.4 Å². The summed E-state index contributed by atoms with van der Waals surface area (Å²) in [6, 6.07) is 0.286. The van der Waals surface area contributed by atoms with Crippen LogP contribution in [0, 0.1) is 0 Å². The fourth-order valence-corrected chi connectivity index (χ4v) is 2.22. The van der Waals surface area contributed by atoms with E-state index in [1.165, 1.54) is 19.3 Å². The van der Waals surface area contributed by atoms with E-state index < -0.39 is 5.60 Å². The van der Waals surface area contributed by atoms with Crippen molar-refractivity contribution in [3.63, 3.8) is 0 Å². The summed E-state index contributed by atoms with van der Waals surface area (Å²) < 4.78 is 0. The summed E-state index contributed by atoms with van der Waals surface area (Å²) in [6.45, 7) is 3.69. The zero-order chi connectivity index (χ0) is 12.0. The molecular formula is C13H25NO2. The Morgan fingerprint density at radius 1 is 1.38 bits per heavy atom. The number of nitrogens with one attached hydrogen (secondary N) is 1. The van der Waals surface area contributed by atoms with Crippen LogP contribution >= 0.6 is 0 Å². The van der Waals surface area contributed by atoms with Crippen LogP contribution in [0.3, 0.4) is 0 Å². The molecule has 3 heteroatoms. The van der Waals surface area contributed by atoms with Crippen LogP contribution < -0.4 is 5.32 Å². The average Bonchev–Trinajstić information content (AvgIpc) is 2.28. The van der Waals surface area contributed by atoms with E-state index in [1.807, 2.05) is 0 Å². The Bertz CT molecular complexity index is 220. The molecule has 16 heavy (non-hydrogen) atoms. The molecule has 0 aromatic rings. The van der Waals surface area contributed by atoms with Crippen molar-refractivity contribution in [2.24, 2.45) is 0 Å². The predicted molar refractivity (Wildman–Crippen MR) is 65.2 cm³/mol. The van der Waals surface area contributed by atoms with E-state index >= 15 is 0 Å². The van der Waals surface area contributed by atoms with Crippen LogP contribution in [0.1, 0.15) is 65.2 Å². The Morgan fingerprint density at radius 3 is 2.56 bits per heavy atom. The molecule has 1 rings (SSSR count). The molecule has 0 radical (unpaired) electrons. The molecule has 1 atom stereocenters. The molecule has 0 spiro atoms. The molecule has 1 fully saturated rings. The van der Waals surface area contributed by atoms with Gasteiger partial charge in [-0.05, 0) is 26.2 Å². The van der Waals surface area contributed by atoms with Gasteiger partial charge in [0.1, 0.15) is 5.60 Å². The van der Waals surface area contributed by atoms with Crippen LogP contribution in [-0.4, -0.2) is 22.7 Å². The van der Waals surface area contributed by atoms with E-state index in [2.05, 4.69) is 12.2 Å². The summed E-state index contributed by atoms with van der Waals surface area (Å²) >= 11 is 0. The number of hydrogen-bond donors (Lipinski definition) is 2. The highest BCUT2D eigenvalue weighted by Crippen LogP contribution is 2.19. The lowest BCUT2D eigenvalue weighted by Gasteiger charge is -2.28. The molecule has 2 N–H and O–H groups in total. The van der Waals surface area contributed by atoms with E-state index in [1.54, 1.807) is 6.92 Å². The van der Waals surface area contributed by atoms with Crippen LogP contribution in [0.5, 0.6) is 0 Å². The Morgan fingerprint density at radius 2 is 2.00 bits per heavy atom. The number of carbonyl (C=O) groups excluding carboxylic acids is 1. The van der Waals surface area contributed by atoms with Crippen molar-refractivity contribution in [2.75, 3.05) is 0 Å². The smallest absolute Gasteiger partial charge is 0.251 e. The van der Waals surface area contributed by atoms with Gasteiger partial charge in [0.05, 0.1) is 0 Å². The van der Waals surface area contributed by atoms with E-state index in [0.29, 0.717) is 6.42 Å². The monoisotopic (exact) mass is 227 g/mol. The number of aliphatic hydroxyl groups is 1. The highest BCUT2D eigenvalue weighted by molar-refractivity contribution is 5.84. The lowest BCUT2D eigenvalue weighted by Crippen LogP contribution is -2.48. The lowest BCUT2D eigenvalue weighted by molar-refractivity contribution is -0.139. The standard InChI is InChI=1S/C13H25NO2/c1-3-4-10-13(2,16)12(15)14-11-8-6-5-7-9-11/h11,16H,3-10H2,1-2H3,(H,14,15). The van der Waals surface area contributed by atoms with Gasteiger partial charge in [-0.1, -0.05) is 39.0 Å². The Hall–Kier alpha value is -0.570. The third-order valence-corrected chi connectivity index (χ3v) is 3.45. The quantitative estimate of drug-likeness (QED) is 0.757. The lowest BCUT2D eigenvalue weighted by atomic mass is 9.93. The van der Waals surface area contributed by atoms with Crippen molar-refractivity contribution in [3.8, 4) is 0 Å². The van der Waals surface area contributed by atoms with Crippen molar-refractivity contribution in [1.29, 1.82) is 0 Å². The molecule has 1 amide bonds. The number of amides is 1. The van der Waals surface area contributed by atoms with E-state index in [9.17, 15) is 9.90 Å². The number of unbranched alkanes of at least 4 members (excludes halogenated alkanes) is 1. The maximum Gasteiger partial charge on any atom is 0.251 e. The largest absolute Gasteiger partial charge is 0.380 e. The third kappa shape index (κ3) is 4.12. The zero-order valence-electron chi connectivity index (χ0n) is 10.6. The zero-order valence-corrected chi connectivity index (χ0v) is 10.6. The Kier molecular flexibility index (Phi) is 5.26. The maximum atomic E-state index is 11.9. The van der Waals surface area contributed by atoms with E-state index in [-0.39, 0.29) is 11.9 Å². The van der Waals surface area contributed by atoms with Crippen molar-refractivity contribution < 1.29 is 9.90 Å². The first-order chi connectivity index (χ1) is 7.56. The van der Waals surface area contributed by atoms with Crippen LogP contribution in [-0.2, 0) is 4.79 Å². The van der Waals surface area contributed by atoms with Crippen molar-refractivity contribution in [2.45, 2.75) is 76.9 Å². The van der Waals surface area contributed by atoms with Gasteiger partial charge in [-0.25, -0.2) is 0 Å². The highest BCUT2D eigenvalue weighted by atomic mass is 16.3. The van der Waals surface area contributed by atoms with Crippen molar-refractivity contribution >= 4 is 5.91 Å². The van der Waals surface area contributed by atoms with Gasteiger partial charge >= 0.3 is 0 Å². The minimum Gasteiger partial charge on any atom is -0.380 e. The predicted octanol–water partition coefficient (Wildman–Crippen LogP) is 2.38. The molecule has 0 aromatic carbocycles. The normalized spacial score (nSPS) is 21.4. The van der Waals surface area contributed by atoms with Crippen LogP contribution in [0.2, 0.25) is 0 Å². The molecule has 0 aliphatic heterocycles. The molecule has 0 aromatic heterocycles. The second-order valence-electron chi connectivity index (χ2n) is 5.19. The maximum absolute atomic E-state index is 11.9. The molecule has 94 valence electrons. The fourth-order valence-electron chi connectivity index (χ4n) is 2.22. The number of carbonyl (C=O) groups is 1. The van der Waals surface area contributed by atoms with Gasteiger partial charge in [-0.3, -0.25) is 4.79 Å². The van der Waals surface area contributed by atoms with Gasteiger partial charge in [0.25, 0.3) is 5.91 Å². The van der Waals surface area contributed by atoms with Gasteiger partial charge in [0.15, 0.2) is 0 Å². The van der Waals surface area contributed by atoms with Gasteiger partial charge in [0.2, 0.25) is 0 Å². The summed E-state index contributed by atoms with van der Waals surface area (Å²) in [5, 5.41) is 13.0. The Balaban J connectivity index is 2.36. The third-order valence-electron chi connectivity index (χ3n) is 3.45. The van der Waals surface area contributed by atoms with Crippen molar-refractivity contribution in [1.82, 2.24) is 5.32 Å². The number of rotatable bonds is 5. The van der Waals surface area contributed by atoms with Crippen LogP contribution in [0.4, 0.5) is 0 Å². The van der Waals surface area contributed by atoms with E-state index in [0.717, 1.165) is 25.7 Å².